The molecular formula is C19H19N3O2. The Kier molecular flexibility index (Phi) is 4.70. The minimum Gasteiger partial charge on any atom is -0.356 e. The summed E-state index contributed by atoms with van der Waals surface area (Å²) in [5.74, 6) is 0.770. The Bertz CT molecular complexity index is 869. The fourth-order valence-corrected chi connectivity index (χ4v) is 2.70. The van der Waals surface area contributed by atoms with Crippen molar-refractivity contribution in [3.63, 3.8) is 0 Å². The number of nitrogens with zero attached hydrogens (tertiary/aromatic N) is 2. The molecule has 0 unspecified atom stereocenters. The van der Waals surface area contributed by atoms with Gasteiger partial charge in [-0.3, -0.25) is 9.59 Å². The molecule has 5 nitrogen and oxygen atoms in total. The van der Waals surface area contributed by atoms with Gasteiger partial charge in [-0.05, 0) is 12.1 Å². The number of aromatic nitrogens is 2. The van der Waals surface area contributed by atoms with E-state index >= 15 is 0 Å². The molecule has 0 saturated carbocycles. The summed E-state index contributed by atoms with van der Waals surface area (Å²) in [6.07, 6.45) is 0.580. The molecule has 122 valence electrons. The van der Waals surface area contributed by atoms with Gasteiger partial charge in [-0.1, -0.05) is 42.5 Å². The van der Waals surface area contributed by atoms with Gasteiger partial charge in [0, 0.05) is 25.5 Å². The zero-order chi connectivity index (χ0) is 16.9. The van der Waals surface area contributed by atoms with E-state index in [1.54, 1.807) is 0 Å². The normalized spacial score (nSPS) is 10.7. The zero-order valence-corrected chi connectivity index (χ0v) is 13.5. The summed E-state index contributed by atoms with van der Waals surface area (Å²) in [5, 5.41) is 2.77. The second-order valence-electron chi connectivity index (χ2n) is 5.63. The maximum absolute atomic E-state index is 12.6. The minimum atomic E-state index is -0.0713. The summed E-state index contributed by atoms with van der Waals surface area (Å²) >= 11 is 0. The van der Waals surface area contributed by atoms with Crippen molar-refractivity contribution in [2.24, 2.45) is 0 Å². The molecule has 0 bridgehead atoms. The Morgan fingerprint density at radius 2 is 1.75 bits per heavy atom. The monoisotopic (exact) mass is 321 g/mol. The average molecular weight is 321 g/mol. The highest BCUT2D eigenvalue weighted by molar-refractivity contribution is 5.96. The van der Waals surface area contributed by atoms with Gasteiger partial charge < -0.3 is 9.88 Å². The van der Waals surface area contributed by atoms with Crippen LogP contribution >= 0.6 is 0 Å². The summed E-state index contributed by atoms with van der Waals surface area (Å²) in [6, 6.07) is 17.0. The van der Waals surface area contributed by atoms with E-state index in [1.807, 2.05) is 59.2 Å². The van der Waals surface area contributed by atoms with Crippen LogP contribution in [0, 0.1) is 0 Å². The molecule has 2 aromatic carbocycles. The highest BCUT2D eigenvalue weighted by Crippen LogP contribution is 2.17. The number of carbonyl (C=O) groups is 2. The number of nitrogens with one attached hydrogen (secondary N) is 1. The molecule has 0 aliphatic rings. The molecule has 0 aliphatic carbocycles. The third-order valence-electron chi connectivity index (χ3n) is 3.85. The number of fused-ring (bicyclic) bond motifs is 1. The maximum Gasteiger partial charge on any atom is 0.216 e. The van der Waals surface area contributed by atoms with Crippen molar-refractivity contribution in [2.75, 3.05) is 6.54 Å². The molecular weight excluding hydrogens is 302 g/mol. The van der Waals surface area contributed by atoms with Gasteiger partial charge in [0.25, 0.3) is 0 Å². The predicted molar refractivity (Wildman–Crippen MR) is 92.9 cm³/mol. The van der Waals surface area contributed by atoms with Gasteiger partial charge in [-0.2, -0.15) is 0 Å². The van der Waals surface area contributed by atoms with E-state index < -0.39 is 0 Å². The first-order valence-corrected chi connectivity index (χ1v) is 7.92. The zero-order valence-electron chi connectivity index (χ0n) is 13.5. The molecule has 1 heterocycles. The minimum absolute atomic E-state index is 0.0412. The summed E-state index contributed by atoms with van der Waals surface area (Å²) in [5.41, 5.74) is 2.47. The van der Waals surface area contributed by atoms with Crippen LogP contribution in [-0.2, 0) is 17.8 Å². The van der Waals surface area contributed by atoms with Gasteiger partial charge in [-0.25, -0.2) is 4.98 Å². The number of benzene rings is 2. The van der Waals surface area contributed by atoms with E-state index in [0.29, 0.717) is 18.5 Å². The average Bonchev–Trinajstić information content (AvgIpc) is 2.93. The number of Topliss-reactive ketones (excluding diaryl/α,β-unsaturated/α-hetero) is 1. The summed E-state index contributed by atoms with van der Waals surface area (Å²) < 4.78 is 1.94. The third-order valence-corrected chi connectivity index (χ3v) is 3.85. The lowest BCUT2D eigenvalue weighted by Crippen LogP contribution is -2.24. The first-order valence-electron chi connectivity index (χ1n) is 7.92. The molecule has 3 rings (SSSR count). The molecule has 1 N–H and O–H groups in total. The first-order chi connectivity index (χ1) is 11.6. The fraction of sp³-hybridized carbons (Fsp3) is 0.211. The fourth-order valence-electron chi connectivity index (χ4n) is 2.70. The van der Waals surface area contributed by atoms with Gasteiger partial charge in [0.15, 0.2) is 5.78 Å². The van der Waals surface area contributed by atoms with Crippen molar-refractivity contribution in [1.82, 2.24) is 14.9 Å². The van der Waals surface area contributed by atoms with E-state index in [0.717, 1.165) is 16.9 Å². The Labute approximate surface area is 140 Å². The van der Waals surface area contributed by atoms with Crippen LogP contribution in [0.3, 0.4) is 0 Å². The number of amides is 1. The Morgan fingerprint density at radius 3 is 2.50 bits per heavy atom. The van der Waals surface area contributed by atoms with Crippen LogP contribution in [0.15, 0.2) is 54.6 Å². The highest BCUT2D eigenvalue weighted by Gasteiger charge is 2.14. The SMILES string of the molecule is CC(=O)NCCc1nc2ccccc2n1CC(=O)c1ccccc1. The molecule has 0 radical (unpaired) electrons. The first kappa shape index (κ1) is 15.9. The second-order valence-corrected chi connectivity index (χ2v) is 5.63. The molecule has 0 fully saturated rings. The highest BCUT2D eigenvalue weighted by atomic mass is 16.1. The Balaban J connectivity index is 1.89. The largest absolute Gasteiger partial charge is 0.356 e. The van der Waals surface area contributed by atoms with Gasteiger partial charge >= 0.3 is 0 Å². The lowest BCUT2D eigenvalue weighted by molar-refractivity contribution is -0.118. The Hall–Kier alpha value is -2.95. The van der Waals surface area contributed by atoms with Crippen LogP contribution in [0.25, 0.3) is 11.0 Å². The van der Waals surface area contributed by atoms with Crippen molar-refractivity contribution in [2.45, 2.75) is 19.9 Å². The van der Waals surface area contributed by atoms with Crippen LogP contribution in [0.4, 0.5) is 0 Å². The number of hydrogen-bond donors (Lipinski definition) is 1. The van der Waals surface area contributed by atoms with Gasteiger partial charge in [0.1, 0.15) is 5.82 Å². The number of ketones is 1. The van der Waals surface area contributed by atoms with E-state index in [4.69, 9.17) is 0 Å². The van der Waals surface area contributed by atoms with Crippen molar-refractivity contribution >= 4 is 22.7 Å². The molecule has 1 aromatic heterocycles. The van der Waals surface area contributed by atoms with E-state index in [2.05, 4.69) is 10.3 Å². The number of carbonyl (C=O) groups excluding carboxylic acids is 2. The van der Waals surface area contributed by atoms with Crippen LogP contribution in [0.5, 0.6) is 0 Å². The number of hydrogen-bond acceptors (Lipinski definition) is 3. The smallest absolute Gasteiger partial charge is 0.216 e. The van der Waals surface area contributed by atoms with Gasteiger partial charge in [-0.15, -0.1) is 0 Å². The molecule has 5 heteroatoms. The maximum atomic E-state index is 12.6. The Morgan fingerprint density at radius 1 is 1.04 bits per heavy atom. The van der Waals surface area contributed by atoms with E-state index in [1.165, 1.54) is 6.92 Å². The third kappa shape index (κ3) is 3.51. The lowest BCUT2D eigenvalue weighted by Gasteiger charge is -2.09. The van der Waals surface area contributed by atoms with E-state index in [-0.39, 0.29) is 18.2 Å². The van der Waals surface area contributed by atoms with Crippen molar-refractivity contribution in [3.05, 3.63) is 66.0 Å². The summed E-state index contributed by atoms with van der Waals surface area (Å²) in [4.78, 5) is 28.2. The quantitative estimate of drug-likeness (QED) is 0.710. The van der Waals surface area contributed by atoms with Crippen molar-refractivity contribution in [3.8, 4) is 0 Å². The molecule has 0 atom stereocenters. The van der Waals surface area contributed by atoms with Crippen LogP contribution in [0.2, 0.25) is 0 Å². The summed E-state index contributed by atoms with van der Waals surface area (Å²) in [6.45, 7) is 2.22. The molecule has 0 spiro atoms. The van der Waals surface area contributed by atoms with Crippen molar-refractivity contribution < 1.29 is 9.59 Å². The number of rotatable bonds is 6. The van der Waals surface area contributed by atoms with Crippen molar-refractivity contribution in [1.29, 1.82) is 0 Å². The topological polar surface area (TPSA) is 64.0 Å². The molecule has 1 amide bonds. The molecule has 0 saturated heterocycles. The van der Waals surface area contributed by atoms with E-state index in [9.17, 15) is 9.59 Å². The molecule has 24 heavy (non-hydrogen) atoms. The number of para-hydroxylation sites is 2. The molecule has 0 aliphatic heterocycles. The molecule has 3 aromatic rings. The predicted octanol–water partition coefficient (Wildman–Crippen LogP) is 2.60. The standard InChI is InChI=1S/C19H19N3O2/c1-14(23)20-12-11-19-21-16-9-5-6-10-17(16)22(19)13-18(24)15-7-3-2-4-8-15/h2-10H,11-13H2,1H3,(H,20,23). The van der Waals surface area contributed by atoms with Crippen LogP contribution in [-0.4, -0.2) is 27.8 Å². The van der Waals surface area contributed by atoms with Crippen LogP contribution in [0.1, 0.15) is 23.1 Å². The number of imidazole rings is 1. The van der Waals surface area contributed by atoms with Crippen LogP contribution < -0.4 is 5.32 Å². The van der Waals surface area contributed by atoms with Gasteiger partial charge in [0.2, 0.25) is 5.91 Å². The lowest BCUT2D eigenvalue weighted by atomic mass is 10.1. The second kappa shape index (κ2) is 7.08. The summed E-state index contributed by atoms with van der Waals surface area (Å²) in [7, 11) is 0. The van der Waals surface area contributed by atoms with Gasteiger partial charge in [0.05, 0.1) is 17.6 Å².